The Labute approximate surface area is 123 Å². The monoisotopic (exact) mass is 268 g/mol. The van der Waals surface area contributed by atoms with Crippen molar-refractivity contribution in [1.29, 1.82) is 0 Å². The molecule has 0 aliphatic heterocycles. The largest absolute Gasteiger partial charge is 0.0654 e. The van der Waals surface area contributed by atoms with E-state index in [0.717, 1.165) is 11.8 Å². The van der Waals surface area contributed by atoms with E-state index in [1.54, 1.807) is 0 Å². The molecule has 0 radical (unpaired) electrons. The fourth-order valence-corrected chi connectivity index (χ4v) is 3.50. The highest BCUT2D eigenvalue weighted by Gasteiger charge is 2.35. The summed E-state index contributed by atoms with van der Waals surface area (Å²) in [5.74, 6) is 1.68. The molecule has 116 valence electrons. The molecule has 0 saturated carbocycles. The van der Waals surface area contributed by atoms with Crippen molar-refractivity contribution >= 4 is 0 Å². The lowest BCUT2D eigenvalue weighted by Gasteiger charge is -2.42. The van der Waals surface area contributed by atoms with Crippen LogP contribution in [0.2, 0.25) is 0 Å². The first-order valence-corrected chi connectivity index (χ1v) is 8.72. The molecule has 0 aliphatic carbocycles. The van der Waals surface area contributed by atoms with Gasteiger partial charge in [-0.3, -0.25) is 0 Å². The minimum atomic E-state index is 0.465. The van der Waals surface area contributed by atoms with Crippen LogP contribution in [0.3, 0.4) is 0 Å². The molecule has 19 heavy (non-hydrogen) atoms. The van der Waals surface area contributed by atoms with Crippen LogP contribution in [0.4, 0.5) is 0 Å². The Morgan fingerprint density at radius 2 is 1.37 bits per heavy atom. The summed E-state index contributed by atoms with van der Waals surface area (Å²) in [5, 5.41) is 0. The van der Waals surface area contributed by atoms with E-state index in [0.29, 0.717) is 10.8 Å². The maximum atomic E-state index is 2.50. The van der Waals surface area contributed by atoms with E-state index in [1.165, 1.54) is 44.9 Å². The van der Waals surface area contributed by atoms with E-state index >= 15 is 0 Å². The first kappa shape index (κ1) is 19.0. The van der Waals surface area contributed by atoms with Gasteiger partial charge in [-0.15, -0.1) is 0 Å². The molecule has 0 heteroatoms. The Balaban J connectivity index is 4.52. The molecule has 0 spiro atoms. The van der Waals surface area contributed by atoms with Crippen LogP contribution in [-0.4, -0.2) is 0 Å². The van der Waals surface area contributed by atoms with Gasteiger partial charge in [-0.2, -0.15) is 0 Å². The fraction of sp³-hybridized carbons (Fsp3) is 1.00. The summed E-state index contributed by atoms with van der Waals surface area (Å²) in [6, 6.07) is 0. The lowest BCUT2D eigenvalue weighted by atomic mass is 9.63. The number of hydrogen-bond donors (Lipinski definition) is 0. The zero-order valence-electron chi connectivity index (χ0n) is 15.1. The molecule has 0 aromatic heterocycles. The topological polar surface area (TPSA) is 0 Å². The average molecular weight is 269 g/mol. The molecule has 0 aromatic carbocycles. The van der Waals surface area contributed by atoms with Gasteiger partial charge in [0.2, 0.25) is 0 Å². The molecular weight excluding hydrogens is 228 g/mol. The second-order valence-corrected chi connectivity index (χ2v) is 7.94. The lowest BCUT2D eigenvalue weighted by molar-refractivity contribution is 0.0777. The van der Waals surface area contributed by atoms with Crippen LogP contribution in [0.5, 0.6) is 0 Å². The zero-order valence-corrected chi connectivity index (χ0v) is 15.1. The van der Waals surface area contributed by atoms with Gasteiger partial charge < -0.3 is 0 Å². The van der Waals surface area contributed by atoms with Crippen molar-refractivity contribution in [3.8, 4) is 0 Å². The third kappa shape index (κ3) is 6.32. The average Bonchev–Trinajstić information content (AvgIpc) is 2.37. The van der Waals surface area contributed by atoms with E-state index in [1.807, 2.05) is 0 Å². The Bertz CT molecular complexity index is 222. The third-order valence-corrected chi connectivity index (χ3v) is 5.94. The summed E-state index contributed by atoms with van der Waals surface area (Å²) in [6.07, 6.45) is 9.55. The quantitative estimate of drug-likeness (QED) is 0.371. The molecule has 0 aromatic rings. The third-order valence-electron chi connectivity index (χ3n) is 5.94. The van der Waals surface area contributed by atoms with Crippen molar-refractivity contribution in [2.45, 2.75) is 100 Å². The van der Waals surface area contributed by atoms with E-state index in [-0.39, 0.29) is 0 Å². The van der Waals surface area contributed by atoms with Crippen molar-refractivity contribution < 1.29 is 0 Å². The Kier molecular flexibility index (Phi) is 8.32. The maximum absolute atomic E-state index is 2.50. The molecule has 0 bridgehead atoms. The molecule has 0 amide bonds. The number of hydrogen-bond acceptors (Lipinski definition) is 0. The summed E-state index contributed by atoms with van der Waals surface area (Å²) in [5.41, 5.74) is 0.993. The summed E-state index contributed by atoms with van der Waals surface area (Å²) in [6.45, 7) is 19.4. The minimum absolute atomic E-state index is 0.465. The van der Waals surface area contributed by atoms with Crippen LogP contribution in [0, 0.1) is 22.7 Å². The minimum Gasteiger partial charge on any atom is -0.0654 e. The van der Waals surface area contributed by atoms with Gasteiger partial charge in [0, 0.05) is 0 Å². The van der Waals surface area contributed by atoms with Gasteiger partial charge in [0.05, 0.1) is 0 Å². The second-order valence-electron chi connectivity index (χ2n) is 7.94. The lowest BCUT2D eigenvalue weighted by Crippen LogP contribution is -2.33. The zero-order chi connectivity index (χ0) is 15.1. The second kappa shape index (κ2) is 8.32. The van der Waals surface area contributed by atoms with E-state index in [2.05, 4.69) is 55.4 Å². The molecule has 0 aliphatic rings. The number of unbranched alkanes of at least 4 members (excludes halogenated alkanes) is 2. The molecule has 0 N–H and O–H groups in total. The highest BCUT2D eigenvalue weighted by atomic mass is 14.4. The summed E-state index contributed by atoms with van der Waals surface area (Å²) >= 11 is 0. The van der Waals surface area contributed by atoms with Crippen molar-refractivity contribution in [1.82, 2.24) is 0 Å². The molecule has 2 atom stereocenters. The smallest absolute Gasteiger partial charge is 0.0321 e. The van der Waals surface area contributed by atoms with Gasteiger partial charge in [0.25, 0.3) is 0 Å². The summed E-state index contributed by atoms with van der Waals surface area (Å²) < 4.78 is 0. The van der Waals surface area contributed by atoms with Crippen LogP contribution in [0.1, 0.15) is 100 Å². The van der Waals surface area contributed by atoms with Crippen LogP contribution in [-0.2, 0) is 0 Å². The first-order valence-electron chi connectivity index (χ1n) is 8.72. The fourth-order valence-electron chi connectivity index (χ4n) is 3.50. The summed E-state index contributed by atoms with van der Waals surface area (Å²) in [4.78, 5) is 0. The van der Waals surface area contributed by atoms with E-state index in [9.17, 15) is 0 Å². The molecule has 0 saturated heterocycles. The van der Waals surface area contributed by atoms with Gasteiger partial charge in [-0.25, -0.2) is 0 Å². The molecule has 0 rings (SSSR count). The Morgan fingerprint density at radius 1 is 0.842 bits per heavy atom. The predicted octanol–water partition coefficient (Wildman–Crippen LogP) is 7.08. The van der Waals surface area contributed by atoms with Crippen LogP contribution in [0.15, 0.2) is 0 Å². The van der Waals surface area contributed by atoms with Crippen LogP contribution in [0.25, 0.3) is 0 Å². The first-order chi connectivity index (χ1) is 8.72. The normalized spacial score (nSPS) is 16.4. The highest BCUT2D eigenvalue weighted by molar-refractivity contribution is 4.86. The maximum Gasteiger partial charge on any atom is -0.0321 e. The predicted molar refractivity (Wildman–Crippen MR) is 89.6 cm³/mol. The molecule has 0 nitrogen and oxygen atoms in total. The van der Waals surface area contributed by atoms with Crippen molar-refractivity contribution in [3.05, 3.63) is 0 Å². The SMILES string of the molecule is CCCCCC(C)C(C)C(C)(C)CC(C)(CC)CC. The van der Waals surface area contributed by atoms with Crippen LogP contribution >= 0.6 is 0 Å². The van der Waals surface area contributed by atoms with Gasteiger partial charge in [0.15, 0.2) is 0 Å². The standard InChI is InChI=1S/C19H40/c1-9-12-13-14-16(4)17(5)18(6,7)15-19(8,10-2)11-3/h16-17H,9-15H2,1-8H3. The molecular formula is C19H40. The van der Waals surface area contributed by atoms with Crippen LogP contribution < -0.4 is 0 Å². The molecule has 0 fully saturated rings. The van der Waals surface area contributed by atoms with Crippen molar-refractivity contribution in [2.75, 3.05) is 0 Å². The molecule has 0 heterocycles. The molecule has 2 unspecified atom stereocenters. The highest BCUT2D eigenvalue weighted by Crippen LogP contribution is 2.45. The van der Waals surface area contributed by atoms with E-state index in [4.69, 9.17) is 0 Å². The van der Waals surface area contributed by atoms with Crippen molar-refractivity contribution in [2.24, 2.45) is 22.7 Å². The Hall–Kier alpha value is 0. The summed E-state index contributed by atoms with van der Waals surface area (Å²) in [7, 11) is 0. The Morgan fingerprint density at radius 3 is 1.79 bits per heavy atom. The van der Waals surface area contributed by atoms with Crippen molar-refractivity contribution in [3.63, 3.8) is 0 Å². The van der Waals surface area contributed by atoms with Gasteiger partial charge >= 0.3 is 0 Å². The van der Waals surface area contributed by atoms with E-state index < -0.39 is 0 Å². The van der Waals surface area contributed by atoms with Gasteiger partial charge in [-0.05, 0) is 29.1 Å². The number of rotatable bonds is 10. The van der Waals surface area contributed by atoms with Gasteiger partial charge in [-0.1, -0.05) is 93.9 Å². The van der Waals surface area contributed by atoms with Gasteiger partial charge in [0.1, 0.15) is 0 Å².